The van der Waals surface area contributed by atoms with Gasteiger partial charge in [0.1, 0.15) is 0 Å². The van der Waals surface area contributed by atoms with Crippen LogP contribution >= 0.6 is 0 Å². The number of nitrogens with one attached hydrogen (secondary N) is 1. The molecule has 0 saturated heterocycles. The lowest BCUT2D eigenvalue weighted by Gasteiger charge is -1.93. The van der Waals surface area contributed by atoms with E-state index >= 15 is 0 Å². The van der Waals surface area contributed by atoms with Crippen molar-refractivity contribution in [3.8, 4) is 0 Å². The highest BCUT2D eigenvalue weighted by Gasteiger charge is 1.96. The lowest BCUT2D eigenvalue weighted by Crippen LogP contribution is -2.24. The van der Waals surface area contributed by atoms with Crippen molar-refractivity contribution in [3.63, 3.8) is 0 Å². The van der Waals surface area contributed by atoms with E-state index in [1.165, 1.54) is 0 Å². The zero-order chi connectivity index (χ0) is 7.11. The normalized spacial score (nSPS) is 9.00. The van der Waals surface area contributed by atoms with Gasteiger partial charge in [-0.3, -0.25) is 4.79 Å². The Bertz CT molecular complexity index is 104. The number of amides is 1. The molecule has 2 N–H and O–H groups in total. The molecule has 0 unspecified atom stereocenters. The SMILES string of the molecule is O=NC(=O)CNCCO. The van der Waals surface area contributed by atoms with E-state index in [9.17, 15) is 9.70 Å². The van der Waals surface area contributed by atoms with Gasteiger partial charge in [0, 0.05) is 11.7 Å². The second-order valence-corrected chi connectivity index (χ2v) is 1.39. The van der Waals surface area contributed by atoms with E-state index in [2.05, 4.69) is 10.5 Å². The molecule has 5 heteroatoms. The van der Waals surface area contributed by atoms with E-state index in [1.807, 2.05) is 0 Å². The molecule has 5 nitrogen and oxygen atoms in total. The van der Waals surface area contributed by atoms with Crippen molar-refractivity contribution >= 4 is 5.91 Å². The number of rotatable bonds is 4. The van der Waals surface area contributed by atoms with Crippen LogP contribution < -0.4 is 5.32 Å². The fraction of sp³-hybridized carbons (Fsp3) is 0.750. The van der Waals surface area contributed by atoms with Crippen LogP contribution in [0, 0.1) is 4.91 Å². The molecule has 0 heterocycles. The topological polar surface area (TPSA) is 78.8 Å². The Labute approximate surface area is 52.0 Å². The molecule has 1 amide bonds. The number of carbonyl (C=O) groups is 1. The molecule has 0 saturated carbocycles. The van der Waals surface area contributed by atoms with Gasteiger partial charge >= 0.3 is 0 Å². The van der Waals surface area contributed by atoms with Gasteiger partial charge in [-0.25, -0.2) is 0 Å². The van der Waals surface area contributed by atoms with Gasteiger partial charge in [-0.15, -0.1) is 4.91 Å². The van der Waals surface area contributed by atoms with Crippen LogP contribution in [0.2, 0.25) is 0 Å². The standard InChI is InChI=1S/C4H8N2O3/c7-2-1-5-3-4(8)6-9/h5,7H,1-3H2. The Morgan fingerprint density at radius 2 is 2.33 bits per heavy atom. The highest BCUT2D eigenvalue weighted by Crippen LogP contribution is 1.67. The number of hydrogen-bond acceptors (Lipinski definition) is 4. The number of nitroso groups, excluding NO2 is 1. The van der Waals surface area contributed by atoms with Crippen LogP contribution in [0.4, 0.5) is 0 Å². The van der Waals surface area contributed by atoms with Crippen molar-refractivity contribution in [3.05, 3.63) is 4.91 Å². The minimum atomic E-state index is -0.747. The quantitative estimate of drug-likeness (QED) is 0.374. The molecule has 0 radical (unpaired) electrons. The van der Waals surface area contributed by atoms with Gasteiger partial charge in [0.15, 0.2) is 0 Å². The predicted octanol–water partition coefficient (Wildman–Crippen LogP) is -1.14. The minimum absolute atomic E-state index is 0.0495. The number of aliphatic hydroxyl groups is 1. The third-order valence-electron chi connectivity index (χ3n) is 0.667. The van der Waals surface area contributed by atoms with E-state index in [4.69, 9.17) is 5.11 Å². The zero-order valence-corrected chi connectivity index (χ0v) is 4.83. The second-order valence-electron chi connectivity index (χ2n) is 1.39. The molecule has 0 aromatic rings. The van der Waals surface area contributed by atoms with E-state index in [1.54, 1.807) is 0 Å². The van der Waals surface area contributed by atoms with Crippen molar-refractivity contribution in [2.24, 2.45) is 5.18 Å². The van der Waals surface area contributed by atoms with Gasteiger partial charge in [-0.1, -0.05) is 0 Å². The van der Waals surface area contributed by atoms with E-state index in [0.717, 1.165) is 0 Å². The van der Waals surface area contributed by atoms with E-state index in [0.29, 0.717) is 6.54 Å². The van der Waals surface area contributed by atoms with Crippen LogP contribution in [0.15, 0.2) is 5.18 Å². The van der Waals surface area contributed by atoms with Crippen LogP contribution in [0.5, 0.6) is 0 Å². The summed E-state index contributed by atoms with van der Waals surface area (Å²) in [6, 6.07) is 0. The lowest BCUT2D eigenvalue weighted by molar-refractivity contribution is -0.117. The Hall–Kier alpha value is -0.810. The second kappa shape index (κ2) is 5.33. The van der Waals surface area contributed by atoms with Crippen molar-refractivity contribution in [2.45, 2.75) is 0 Å². The summed E-state index contributed by atoms with van der Waals surface area (Å²) in [5, 5.41) is 12.8. The third kappa shape index (κ3) is 5.05. The molecule has 0 aromatic heterocycles. The Balaban J connectivity index is 3.07. The third-order valence-corrected chi connectivity index (χ3v) is 0.667. The molecule has 0 bridgehead atoms. The summed E-state index contributed by atoms with van der Waals surface area (Å²) in [7, 11) is 0. The number of aliphatic hydroxyl groups excluding tert-OH is 1. The molecule has 0 aliphatic carbocycles. The molecule has 0 atom stereocenters. The molecule has 0 spiro atoms. The molecule has 0 aromatic carbocycles. The van der Waals surface area contributed by atoms with Gasteiger partial charge < -0.3 is 10.4 Å². The summed E-state index contributed by atoms with van der Waals surface area (Å²) in [6.07, 6.45) is 0. The van der Waals surface area contributed by atoms with E-state index < -0.39 is 5.91 Å². The van der Waals surface area contributed by atoms with Gasteiger partial charge in [0.2, 0.25) is 0 Å². The van der Waals surface area contributed by atoms with Crippen LogP contribution in [-0.2, 0) is 4.79 Å². The van der Waals surface area contributed by atoms with Gasteiger partial charge in [0.05, 0.1) is 13.2 Å². The first-order valence-electron chi connectivity index (χ1n) is 2.49. The lowest BCUT2D eigenvalue weighted by atomic mass is 10.6. The highest BCUT2D eigenvalue weighted by molar-refractivity contribution is 5.78. The minimum Gasteiger partial charge on any atom is -0.395 e. The average Bonchev–Trinajstić information content (AvgIpc) is 1.89. The number of hydrogen-bond donors (Lipinski definition) is 2. The summed E-state index contributed by atoms with van der Waals surface area (Å²) in [5.74, 6) is -0.747. The Kier molecular flexibility index (Phi) is 4.85. The highest BCUT2D eigenvalue weighted by atomic mass is 16.3. The first kappa shape index (κ1) is 8.19. The van der Waals surface area contributed by atoms with Gasteiger partial charge in [0.25, 0.3) is 5.91 Å². The summed E-state index contributed by atoms with van der Waals surface area (Å²) in [4.78, 5) is 19.5. The summed E-state index contributed by atoms with van der Waals surface area (Å²) in [6.45, 7) is 0.164. The van der Waals surface area contributed by atoms with Crippen molar-refractivity contribution in [2.75, 3.05) is 19.7 Å². The Morgan fingerprint density at radius 3 is 2.78 bits per heavy atom. The molecular formula is C4H8N2O3. The van der Waals surface area contributed by atoms with Gasteiger partial charge in [-0.05, 0) is 0 Å². The molecule has 0 aliphatic heterocycles. The van der Waals surface area contributed by atoms with E-state index in [-0.39, 0.29) is 13.2 Å². The molecule has 52 valence electrons. The average molecular weight is 132 g/mol. The smallest absolute Gasteiger partial charge is 0.299 e. The summed E-state index contributed by atoms with van der Waals surface area (Å²) >= 11 is 0. The molecule has 9 heavy (non-hydrogen) atoms. The first-order valence-corrected chi connectivity index (χ1v) is 2.49. The van der Waals surface area contributed by atoms with Crippen molar-refractivity contribution in [1.82, 2.24) is 5.32 Å². The molecule has 0 fully saturated rings. The monoisotopic (exact) mass is 132 g/mol. The maximum absolute atomic E-state index is 10.1. The Morgan fingerprint density at radius 1 is 1.67 bits per heavy atom. The van der Waals surface area contributed by atoms with Crippen molar-refractivity contribution < 1.29 is 9.90 Å². The maximum Gasteiger partial charge on any atom is 0.299 e. The van der Waals surface area contributed by atoms with Crippen LogP contribution in [0.25, 0.3) is 0 Å². The molecule has 0 aliphatic rings. The first-order chi connectivity index (χ1) is 4.31. The van der Waals surface area contributed by atoms with Crippen LogP contribution in [0.1, 0.15) is 0 Å². The number of nitrogens with zero attached hydrogens (tertiary/aromatic N) is 1. The van der Waals surface area contributed by atoms with Crippen LogP contribution in [0.3, 0.4) is 0 Å². The van der Waals surface area contributed by atoms with Gasteiger partial charge in [-0.2, -0.15) is 0 Å². The zero-order valence-electron chi connectivity index (χ0n) is 4.83. The molecular weight excluding hydrogens is 124 g/mol. The van der Waals surface area contributed by atoms with Crippen molar-refractivity contribution in [1.29, 1.82) is 0 Å². The largest absolute Gasteiger partial charge is 0.395 e. The predicted molar refractivity (Wildman–Crippen MR) is 30.8 cm³/mol. The van der Waals surface area contributed by atoms with Crippen LogP contribution in [-0.4, -0.2) is 30.7 Å². The summed E-state index contributed by atoms with van der Waals surface area (Å²) in [5.41, 5.74) is 0. The maximum atomic E-state index is 10.1. The fourth-order valence-electron chi connectivity index (χ4n) is 0.307. The molecule has 0 rings (SSSR count). The summed E-state index contributed by atoms with van der Waals surface area (Å²) < 4.78 is 0. The number of carbonyl (C=O) groups excluding carboxylic acids is 1. The fourth-order valence-corrected chi connectivity index (χ4v) is 0.307.